The zero-order valence-corrected chi connectivity index (χ0v) is 16.5. The predicted molar refractivity (Wildman–Crippen MR) is 100 cm³/mol. The molecule has 1 aromatic carbocycles. The number of nitrogens with zero attached hydrogens (tertiary/aromatic N) is 1. The minimum Gasteiger partial charge on any atom is -0.492 e. The molecule has 7 nitrogen and oxygen atoms in total. The van der Waals surface area contributed by atoms with Crippen molar-refractivity contribution in [2.45, 2.75) is 11.8 Å². The van der Waals surface area contributed by atoms with E-state index in [4.69, 9.17) is 17.0 Å². The van der Waals surface area contributed by atoms with Crippen LogP contribution in [-0.2, 0) is 10.0 Å². The van der Waals surface area contributed by atoms with Crippen molar-refractivity contribution in [2.24, 2.45) is 0 Å². The second-order valence-electron chi connectivity index (χ2n) is 5.72. The molecule has 3 N–H and O–H groups in total. The van der Waals surface area contributed by atoms with Gasteiger partial charge in [0.25, 0.3) is 0 Å². The van der Waals surface area contributed by atoms with Gasteiger partial charge in [0, 0.05) is 19.8 Å². The molecule has 24 heavy (non-hydrogen) atoms. The highest BCUT2D eigenvalue weighted by atomic mass is 32.2. The maximum atomic E-state index is 12.5. The molecule has 136 valence electrons. The molecule has 0 atom stereocenters. The van der Waals surface area contributed by atoms with Crippen LogP contribution in [0.5, 0.6) is 5.75 Å². The van der Waals surface area contributed by atoms with Gasteiger partial charge in [0.2, 0.25) is 10.0 Å². The van der Waals surface area contributed by atoms with E-state index >= 15 is 0 Å². The molecule has 0 heterocycles. The van der Waals surface area contributed by atoms with Crippen LogP contribution in [0.4, 0.5) is 5.69 Å². The van der Waals surface area contributed by atoms with Crippen molar-refractivity contribution in [1.29, 1.82) is 0 Å². The summed E-state index contributed by atoms with van der Waals surface area (Å²) in [5.41, 5.74) is 0.591. The van der Waals surface area contributed by atoms with Crippen molar-refractivity contribution < 1.29 is 18.1 Å². The summed E-state index contributed by atoms with van der Waals surface area (Å²) in [5.74, 6) is 0.326. The van der Waals surface area contributed by atoms with E-state index in [1.54, 1.807) is 12.1 Å². The van der Waals surface area contributed by atoms with Crippen LogP contribution in [0.25, 0.3) is 0 Å². The number of thiocarbonyl (C=S) groups is 1. The number of rotatable bonds is 8. The zero-order chi connectivity index (χ0) is 18.3. The molecule has 0 aliphatic carbocycles. The highest BCUT2D eigenvalue weighted by Crippen LogP contribution is 2.29. The molecule has 1 rings (SSSR count). The Balaban J connectivity index is 2.96. The van der Waals surface area contributed by atoms with Crippen LogP contribution < -0.4 is 20.3 Å². The molecule has 0 aliphatic heterocycles. The predicted octanol–water partition coefficient (Wildman–Crippen LogP) is -0.233. The summed E-state index contributed by atoms with van der Waals surface area (Å²) >= 11 is 5.24. The topological polar surface area (TPSA) is 75.1 Å². The molecule has 1 aromatic rings. The van der Waals surface area contributed by atoms with Gasteiger partial charge < -0.3 is 20.3 Å². The minimum absolute atomic E-state index is 0.111. The number of quaternary nitrogens is 1. The lowest BCUT2D eigenvalue weighted by atomic mass is 10.3. The number of hydrogen-bond donors (Lipinski definition) is 3. The van der Waals surface area contributed by atoms with Gasteiger partial charge >= 0.3 is 0 Å². The molecule has 0 radical (unpaired) electrons. The van der Waals surface area contributed by atoms with E-state index < -0.39 is 10.0 Å². The number of ether oxygens (including phenoxy) is 1. The smallest absolute Gasteiger partial charge is 0.246 e. The first-order valence-corrected chi connectivity index (χ1v) is 9.56. The third-order valence-corrected chi connectivity index (χ3v) is 5.25. The molecule has 0 aliphatic rings. The Hall–Kier alpha value is -1.42. The summed E-state index contributed by atoms with van der Waals surface area (Å²) in [6.07, 6.45) is 0. The van der Waals surface area contributed by atoms with E-state index in [0.29, 0.717) is 23.2 Å². The molecule has 0 fully saturated rings. The highest BCUT2D eigenvalue weighted by Gasteiger charge is 2.23. The Morgan fingerprint density at radius 3 is 2.54 bits per heavy atom. The van der Waals surface area contributed by atoms with Crippen LogP contribution in [0.2, 0.25) is 0 Å². The van der Waals surface area contributed by atoms with Gasteiger partial charge in [-0.25, -0.2) is 12.7 Å². The number of sulfonamides is 1. The van der Waals surface area contributed by atoms with Crippen LogP contribution in [0.15, 0.2) is 23.1 Å². The Bertz CT molecular complexity index is 661. The molecule has 0 aromatic heterocycles. The maximum absolute atomic E-state index is 12.5. The second kappa shape index (κ2) is 9.16. The highest BCUT2D eigenvalue weighted by molar-refractivity contribution is 7.89. The average molecular weight is 376 g/mol. The van der Waals surface area contributed by atoms with Crippen LogP contribution in [0.3, 0.4) is 0 Å². The molecule has 0 saturated carbocycles. The molecule has 0 saturated heterocycles. The Morgan fingerprint density at radius 2 is 2.00 bits per heavy atom. The summed E-state index contributed by atoms with van der Waals surface area (Å²) < 4.78 is 31.6. The summed E-state index contributed by atoms with van der Waals surface area (Å²) in [6, 6.07) is 4.91. The van der Waals surface area contributed by atoms with E-state index in [1.165, 1.54) is 25.1 Å². The van der Waals surface area contributed by atoms with Gasteiger partial charge in [-0.15, -0.1) is 0 Å². The van der Waals surface area contributed by atoms with Gasteiger partial charge in [0.15, 0.2) is 5.11 Å². The SMILES string of the molecule is CCOc1ccc(NC(=S)NCC[NH+](C)C)cc1S(=O)(=O)N(C)C. The van der Waals surface area contributed by atoms with Gasteiger partial charge in [-0.1, -0.05) is 0 Å². The largest absolute Gasteiger partial charge is 0.492 e. The number of anilines is 1. The van der Waals surface area contributed by atoms with Gasteiger partial charge in [0.1, 0.15) is 10.6 Å². The standard InChI is InChI=1S/C15H26N4O3S2/c1-6-22-13-8-7-12(11-14(13)24(20,21)19(4)5)17-15(23)16-9-10-18(2)3/h7-8,11H,6,9-10H2,1-5H3,(H2,16,17,23)/p+1. The molecular weight excluding hydrogens is 348 g/mol. The zero-order valence-electron chi connectivity index (χ0n) is 14.8. The van der Waals surface area contributed by atoms with Crippen molar-refractivity contribution in [3.05, 3.63) is 18.2 Å². The third-order valence-electron chi connectivity index (χ3n) is 3.17. The number of nitrogens with one attached hydrogen (secondary N) is 3. The summed E-state index contributed by atoms with van der Waals surface area (Å²) in [7, 11) is 3.48. The van der Waals surface area contributed by atoms with Crippen molar-refractivity contribution in [1.82, 2.24) is 9.62 Å². The Morgan fingerprint density at radius 1 is 1.33 bits per heavy atom. The molecule has 9 heteroatoms. The van der Waals surface area contributed by atoms with E-state index in [1.807, 2.05) is 6.92 Å². The summed E-state index contributed by atoms with van der Waals surface area (Å²) in [6.45, 7) is 3.85. The van der Waals surface area contributed by atoms with Crippen molar-refractivity contribution in [3.8, 4) is 5.75 Å². The van der Waals surface area contributed by atoms with Crippen LogP contribution in [-0.4, -0.2) is 65.7 Å². The van der Waals surface area contributed by atoms with Crippen LogP contribution in [0.1, 0.15) is 6.92 Å². The van der Waals surface area contributed by atoms with Crippen molar-refractivity contribution >= 4 is 33.0 Å². The van der Waals surface area contributed by atoms with Gasteiger partial charge in [-0.2, -0.15) is 0 Å². The first-order valence-electron chi connectivity index (χ1n) is 7.71. The lowest BCUT2D eigenvalue weighted by Crippen LogP contribution is -3.06. The molecule has 0 spiro atoms. The van der Waals surface area contributed by atoms with Crippen molar-refractivity contribution in [3.63, 3.8) is 0 Å². The summed E-state index contributed by atoms with van der Waals surface area (Å²) in [4.78, 5) is 1.42. The molecule has 0 unspecified atom stereocenters. The molecular formula is C15H27N4O3S2+. The Kier molecular flexibility index (Phi) is 7.88. The van der Waals surface area contributed by atoms with E-state index in [-0.39, 0.29) is 4.90 Å². The quantitative estimate of drug-likeness (QED) is 0.545. The first kappa shape index (κ1) is 20.6. The number of likely N-dealkylation sites (N-methyl/N-ethyl adjacent to an activating group) is 1. The lowest BCUT2D eigenvalue weighted by molar-refractivity contribution is -0.856. The maximum Gasteiger partial charge on any atom is 0.246 e. The number of benzene rings is 1. The molecule has 0 bridgehead atoms. The lowest BCUT2D eigenvalue weighted by Gasteiger charge is -2.17. The van der Waals surface area contributed by atoms with Crippen LogP contribution >= 0.6 is 12.2 Å². The third kappa shape index (κ3) is 5.90. The summed E-state index contributed by atoms with van der Waals surface area (Å²) in [5, 5.41) is 6.55. The van der Waals surface area contributed by atoms with E-state index in [0.717, 1.165) is 17.4 Å². The molecule has 0 amide bonds. The van der Waals surface area contributed by atoms with E-state index in [2.05, 4.69) is 24.7 Å². The second-order valence-corrected chi connectivity index (χ2v) is 8.25. The fourth-order valence-corrected chi connectivity index (χ4v) is 3.13. The first-order chi connectivity index (χ1) is 11.2. The number of hydrogen-bond acceptors (Lipinski definition) is 4. The minimum atomic E-state index is -3.61. The van der Waals surface area contributed by atoms with Gasteiger partial charge in [-0.3, -0.25) is 0 Å². The van der Waals surface area contributed by atoms with E-state index in [9.17, 15) is 8.42 Å². The fourth-order valence-electron chi connectivity index (χ4n) is 1.86. The van der Waals surface area contributed by atoms with Crippen LogP contribution in [0, 0.1) is 0 Å². The Labute approximate surface area is 150 Å². The van der Waals surface area contributed by atoms with Crippen molar-refractivity contribution in [2.75, 3.05) is 53.2 Å². The average Bonchev–Trinajstić information content (AvgIpc) is 2.48. The van der Waals surface area contributed by atoms with Gasteiger partial charge in [0.05, 0.1) is 33.8 Å². The normalized spacial score (nSPS) is 11.6. The fraction of sp³-hybridized carbons (Fsp3) is 0.533. The monoisotopic (exact) mass is 375 g/mol. The van der Waals surface area contributed by atoms with Gasteiger partial charge in [-0.05, 0) is 37.3 Å².